The van der Waals surface area contributed by atoms with Gasteiger partial charge in [-0.15, -0.1) is 5.10 Å². The summed E-state index contributed by atoms with van der Waals surface area (Å²) in [5, 5.41) is 13.6. The number of benzene rings is 1. The molecule has 5 heteroatoms. The number of hydrogen-bond donors (Lipinski definition) is 1. The molecule has 2 rings (SSSR count). The lowest BCUT2D eigenvalue weighted by molar-refractivity contribution is -0.154. The molecule has 0 aliphatic carbocycles. The van der Waals surface area contributed by atoms with Gasteiger partial charge in [0, 0.05) is 11.8 Å². The van der Waals surface area contributed by atoms with Crippen LogP contribution in [0, 0.1) is 6.92 Å². The van der Waals surface area contributed by atoms with Crippen LogP contribution in [-0.2, 0) is 11.3 Å². The lowest BCUT2D eigenvalue weighted by atomic mass is 10.0. The second-order valence-corrected chi connectivity index (χ2v) is 5.29. The van der Waals surface area contributed by atoms with Crippen LogP contribution in [0.2, 0.25) is 0 Å². The molecular formula is C16H20N2O3. The number of aromatic nitrogens is 2. The van der Waals surface area contributed by atoms with E-state index in [1.165, 1.54) is 0 Å². The number of aliphatic carboxylic acids is 1. The number of nitrogens with zero attached hydrogens (tertiary/aromatic N) is 2. The van der Waals surface area contributed by atoms with Crippen LogP contribution < -0.4 is 4.74 Å². The standard InChI is InChI=1S/C16H20N2O3/c1-4-16(3,15(19)20)21-14-12(2)10-18(17-14)11-13-8-6-5-7-9-13/h5-10H,4,11H2,1-3H3,(H,19,20)/t16-/m1/s1. The Morgan fingerprint density at radius 3 is 2.62 bits per heavy atom. The predicted octanol–water partition coefficient (Wildman–Crippen LogP) is 2.87. The van der Waals surface area contributed by atoms with Crippen LogP contribution in [0.5, 0.6) is 5.88 Å². The highest BCUT2D eigenvalue weighted by molar-refractivity contribution is 5.77. The van der Waals surface area contributed by atoms with E-state index in [1.807, 2.05) is 43.5 Å². The van der Waals surface area contributed by atoms with Crippen LogP contribution in [0.4, 0.5) is 0 Å². The lowest BCUT2D eigenvalue weighted by Gasteiger charge is -2.23. The van der Waals surface area contributed by atoms with Crippen LogP contribution in [0.15, 0.2) is 36.5 Å². The van der Waals surface area contributed by atoms with Gasteiger partial charge in [-0.05, 0) is 25.8 Å². The van der Waals surface area contributed by atoms with E-state index in [1.54, 1.807) is 18.5 Å². The molecule has 0 aliphatic rings. The molecule has 2 aromatic rings. The summed E-state index contributed by atoms with van der Waals surface area (Å²) < 4.78 is 7.39. The molecule has 1 aromatic carbocycles. The summed E-state index contributed by atoms with van der Waals surface area (Å²) in [6.45, 7) is 5.83. The van der Waals surface area contributed by atoms with E-state index in [0.717, 1.165) is 11.1 Å². The number of aryl methyl sites for hydroxylation is 1. The van der Waals surface area contributed by atoms with Gasteiger partial charge >= 0.3 is 5.97 Å². The normalized spacial score (nSPS) is 13.7. The minimum absolute atomic E-state index is 0.368. The number of hydrogen-bond acceptors (Lipinski definition) is 3. The smallest absolute Gasteiger partial charge is 0.347 e. The second-order valence-electron chi connectivity index (χ2n) is 5.29. The molecular weight excluding hydrogens is 268 g/mol. The molecule has 1 N–H and O–H groups in total. The monoisotopic (exact) mass is 288 g/mol. The molecule has 0 saturated heterocycles. The fourth-order valence-corrected chi connectivity index (χ4v) is 1.94. The molecule has 5 nitrogen and oxygen atoms in total. The van der Waals surface area contributed by atoms with Gasteiger partial charge < -0.3 is 9.84 Å². The third kappa shape index (κ3) is 3.42. The molecule has 0 unspecified atom stereocenters. The average Bonchev–Trinajstić information content (AvgIpc) is 2.79. The number of carboxylic acid groups (broad SMARTS) is 1. The van der Waals surface area contributed by atoms with Crippen molar-refractivity contribution in [1.82, 2.24) is 9.78 Å². The van der Waals surface area contributed by atoms with E-state index >= 15 is 0 Å². The van der Waals surface area contributed by atoms with Crippen molar-refractivity contribution in [1.29, 1.82) is 0 Å². The Kier molecular flexibility index (Phi) is 4.31. The first kappa shape index (κ1) is 15.1. The van der Waals surface area contributed by atoms with Crippen molar-refractivity contribution in [3.63, 3.8) is 0 Å². The molecule has 0 saturated carbocycles. The van der Waals surface area contributed by atoms with Crippen molar-refractivity contribution in [3.05, 3.63) is 47.7 Å². The van der Waals surface area contributed by atoms with Gasteiger partial charge in [-0.3, -0.25) is 4.68 Å². The fraction of sp³-hybridized carbons (Fsp3) is 0.375. The number of ether oxygens (including phenoxy) is 1. The van der Waals surface area contributed by atoms with Crippen LogP contribution in [0.3, 0.4) is 0 Å². The SMILES string of the molecule is CC[C@@](C)(Oc1nn(Cc2ccccc2)cc1C)C(=O)O. The highest BCUT2D eigenvalue weighted by Gasteiger charge is 2.34. The maximum absolute atomic E-state index is 11.3. The first-order valence-corrected chi connectivity index (χ1v) is 6.95. The Hall–Kier alpha value is -2.30. The molecule has 0 radical (unpaired) electrons. The number of rotatable bonds is 6. The van der Waals surface area contributed by atoms with E-state index in [4.69, 9.17) is 4.74 Å². The van der Waals surface area contributed by atoms with Gasteiger partial charge in [-0.1, -0.05) is 37.3 Å². The lowest BCUT2D eigenvalue weighted by Crippen LogP contribution is -2.41. The van der Waals surface area contributed by atoms with Gasteiger partial charge in [0.1, 0.15) is 0 Å². The van der Waals surface area contributed by atoms with Crippen molar-refractivity contribution in [2.45, 2.75) is 39.3 Å². The van der Waals surface area contributed by atoms with Crippen LogP contribution in [0.25, 0.3) is 0 Å². The molecule has 0 bridgehead atoms. The van der Waals surface area contributed by atoms with Crippen LogP contribution >= 0.6 is 0 Å². The molecule has 1 atom stereocenters. The zero-order valence-corrected chi connectivity index (χ0v) is 12.5. The molecule has 0 spiro atoms. The largest absolute Gasteiger partial charge is 0.478 e. The molecule has 0 aliphatic heterocycles. The summed E-state index contributed by atoms with van der Waals surface area (Å²) in [4.78, 5) is 11.3. The Bertz CT molecular complexity index is 622. The van der Waals surface area contributed by atoms with Gasteiger partial charge in [0.05, 0.1) is 6.54 Å². The molecule has 0 fully saturated rings. The highest BCUT2D eigenvalue weighted by atomic mass is 16.5. The maximum Gasteiger partial charge on any atom is 0.347 e. The van der Waals surface area contributed by atoms with E-state index in [2.05, 4.69) is 5.10 Å². The van der Waals surface area contributed by atoms with Crippen molar-refractivity contribution in [2.24, 2.45) is 0 Å². The van der Waals surface area contributed by atoms with E-state index in [0.29, 0.717) is 18.8 Å². The summed E-state index contributed by atoms with van der Waals surface area (Å²) in [5.41, 5.74) is 0.700. The van der Waals surface area contributed by atoms with Gasteiger partial charge in [0.15, 0.2) is 0 Å². The fourth-order valence-electron chi connectivity index (χ4n) is 1.94. The van der Waals surface area contributed by atoms with E-state index in [-0.39, 0.29) is 0 Å². The topological polar surface area (TPSA) is 64.4 Å². The van der Waals surface area contributed by atoms with Crippen molar-refractivity contribution < 1.29 is 14.6 Å². The van der Waals surface area contributed by atoms with Gasteiger partial charge in [0.2, 0.25) is 11.5 Å². The Labute approximate surface area is 124 Å². The number of carbonyl (C=O) groups is 1. The predicted molar refractivity (Wildman–Crippen MR) is 79.5 cm³/mol. The average molecular weight is 288 g/mol. The summed E-state index contributed by atoms with van der Waals surface area (Å²) in [5.74, 6) is -0.611. The number of carboxylic acids is 1. The minimum Gasteiger partial charge on any atom is -0.478 e. The quantitative estimate of drug-likeness (QED) is 0.887. The van der Waals surface area contributed by atoms with Crippen molar-refractivity contribution in [3.8, 4) is 5.88 Å². The Morgan fingerprint density at radius 2 is 2.05 bits per heavy atom. The van der Waals surface area contributed by atoms with E-state index in [9.17, 15) is 9.90 Å². The third-order valence-electron chi connectivity index (χ3n) is 3.54. The van der Waals surface area contributed by atoms with Gasteiger partial charge in [0.25, 0.3) is 0 Å². The molecule has 112 valence electrons. The minimum atomic E-state index is -1.25. The summed E-state index contributed by atoms with van der Waals surface area (Å²) in [7, 11) is 0. The summed E-state index contributed by atoms with van der Waals surface area (Å²) >= 11 is 0. The summed E-state index contributed by atoms with van der Waals surface area (Å²) in [6, 6.07) is 9.95. The zero-order valence-electron chi connectivity index (χ0n) is 12.5. The summed E-state index contributed by atoms with van der Waals surface area (Å²) in [6.07, 6.45) is 2.23. The van der Waals surface area contributed by atoms with Crippen LogP contribution in [0.1, 0.15) is 31.4 Å². The maximum atomic E-state index is 11.3. The highest BCUT2D eigenvalue weighted by Crippen LogP contribution is 2.23. The van der Waals surface area contributed by atoms with Gasteiger partial charge in [-0.2, -0.15) is 0 Å². The first-order chi connectivity index (χ1) is 9.94. The molecule has 0 amide bonds. The van der Waals surface area contributed by atoms with E-state index < -0.39 is 11.6 Å². The Morgan fingerprint density at radius 1 is 1.38 bits per heavy atom. The molecule has 1 aromatic heterocycles. The Balaban J connectivity index is 2.18. The first-order valence-electron chi connectivity index (χ1n) is 6.95. The van der Waals surface area contributed by atoms with Crippen molar-refractivity contribution in [2.75, 3.05) is 0 Å². The zero-order chi connectivity index (χ0) is 15.5. The van der Waals surface area contributed by atoms with Gasteiger partial charge in [-0.25, -0.2) is 4.79 Å². The second kappa shape index (κ2) is 5.99. The molecule has 21 heavy (non-hydrogen) atoms. The van der Waals surface area contributed by atoms with Crippen molar-refractivity contribution >= 4 is 5.97 Å². The molecule has 1 heterocycles. The van der Waals surface area contributed by atoms with Crippen LogP contribution in [-0.4, -0.2) is 26.5 Å². The third-order valence-corrected chi connectivity index (χ3v) is 3.54.